The van der Waals surface area contributed by atoms with Gasteiger partial charge in [-0.1, -0.05) is 147 Å². The van der Waals surface area contributed by atoms with Crippen LogP contribution in [0, 0.1) is 0 Å². The molecule has 0 spiro atoms. The molecule has 2 nitrogen and oxygen atoms in total. The van der Waals surface area contributed by atoms with E-state index in [0.717, 1.165) is 34.1 Å². The van der Waals surface area contributed by atoms with Crippen LogP contribution in [0.25, 0.3) is 54.2 Å². The first-order valence-corrected chi connectivity index (χ1v) is 19.8. The summed E-state index contributed by atoms with van der Waals surface area (Å²) in [7, 11) is 0. The fraction of sp³-hybridized carbons (Fsp3) is 0.0545. The Morgan fingerprint density at radius 2 is 0.509 bits per heavy atom. The molecule has 0 saturated heterocycles. The number of anilines is 6. The van der Waals surface area contributed by atoms with E-state index in [1.807, 2.05) is 0 Å². The average Bonchev–Trinajstić information content (AvgIpc) is 3.48. The molecule has 10 aromatic carbocycles. The molecular formula is C55H40N2. The maximum absolute atomic E-state index is 2.43. The largest absolute Gasteiger partial charge is 0.310 e. The molecule has 0 unspecified atom stereocenters. The highest BCUT2D eigenvalue weighted by atomic mass is 15.1. The van der Waals surface area contributed by atoms with Gasteiger partial charge in [0.15, 0.2) is 0 Å². The fourth-order valence-electron chi connectivity index (χ4n) is 9.15. The van der Waals surface area contributed by atoms with Gasteiger partial charge in [0.25, 0.3) is 0 Å². The van der Waals surface area contributed by atoms with Crippen LogP contribution >= 0.6 is 0 Å². The van der Waals surface area contributed by atoms with Gasteiger partial charge in [-0.05, 0) is 138 Å². The molecule has 0 atom stereocenters. The van der Waals surface area contributed by atoms with Crippen molar-refractivity contribution in [3.8, 4) is 11.1 Å². The molecular weight excluding hydrogens is 689 g/mol. The number of fused-ring (bicyclic) bond motifs is 7. The predicted octanol–water partition coefficient (Wildman–Crippen LogP) is 15.5. The van der Waals surface area contributed by atoms with Crippen molar-refractivity contribution in [2.24, 2.45) is 0 Å². The van der Waals surface area contributed by atoms with E-state index in [9.17, 15) is 0 Å². The third kappa shape index (κ3) is 5.56. The summed E-state index contributed by atoms with van der Waals surface area (Å²) in [5, 5.41) is 9.86. The van der Waals surface area contributed by atoms with Crippen LogP contribution < -0.4 is 9.80 Å². The van der Waals surface area contributed by atoms with Crippen LogP contribution in [0.1, 0.15) is 25.0 Å². The maximum atomic E-state index is 2.43. The van der Waals surface area contributed by atoms with Gasteiger partial charge >= 0.3 is 0 Å². The van der Waals surface area contributed by atoms with E-state index in [1.54, 1.807) is 0 Å². The molecule has 0 amide bonds. The van der Waals surface area contributed by atoms with Crippen LogP contribution in [0.3, 0.4) is 0 Å². The Kier molecular flexibility index (Phi) is 7.55. The number of hydrogen-bond acceptors (Lipinski definition) is 2. The first kappa shape index (κ1) is 33.2. The molecule has 1 aliphatic carbocycles. The van der Waals surface area contributed by atoms with Gasteiger partial charge in [0.2, 0.25) is 0 Å². The molecule has 10 aromatic rings. The van der Waals surface area contributed by atoms with Crippen molar-refractivity contribution in [3.05, 3.63) is 217 Å². The summed E-state index contributed by atoms with van der Waals surface area (Å²) in [6.45, 7) is 4.77. The second-order valence-electron chi connectivity index (χ2n) is 15.9. The topological polar surface area (TPSA) is 6.48 Å². The summed E-state index contributed by atoms with van der Waals surface area (Å²) in [5.41, 5.74) is 11.9. The summed E-state index contributed by atoms with van der Waals surface area (Å²) in [5.74, 6) is 0. The highest BCUT2D eigenvalue weighted by molar-refractivity contribution is 5.96. The number of benzene rings is 10. The molecule has 0 aromatic heterocycles. The SMILES string of the molecule is CC1(C)c2cc(N(c3ccc4ccccc4c3)c3ccc4ccccc4c3)ccc2-c2ccc(N(c3ccc4ccccc4c3)c3ccc4ccccc4c3)cc21. The van der Waals surface area contributed by atoms with Crippen LogP contribution in [-0.2, 0) is 5.41 Å². The van der Waals surface area contributed by atoms with E-state index in [-0.39, 0.29) is 5.41 Å². The van der Waals surface area contributed by atoms with E-state index in [2.05, 4.69) is 230 Å². The lowest BCUT2D eigenvalue weighted by molar-refractivity contribution is 0.660. The van der Waals surface area contributed by atoms with Gasteiger partial charge in [-0.2, -0.15) is 0 Å². The van der Waals surface area contributed by atoms with Crippen molar-refractivity contribution in [2.45, 2.75) is 19.3 Å². The molecule has 0 radical (unpaired) electrons. The molecule has 0 N–H and O–H groups in total. The fourth-order valence-corrected chi connectivity index (χ4v) is 9.15. The Hall–Kier alpha value is -7.16. The minimum Gasteiger partial charge on any atom is -0.310 e. The zero-order chi connectivity index (χ0) is 38.1. The second-order valence-corrected chi connectivity index (χ2v) is 15.9. The number of rotatable bonds is 6. The Morgan fingerprint density at radius 1 is 0.263 bits per heavy atom. The van der Waals surface area contributed by atoms with Crippen molar-refractivity contribution in [1.82, 2.24) is 0 Å². The summed E-state index contributed by atoms with van der Waals surface area (Å²) >= 11 is 0. The van der Waals surface area contributed by atoms with Crippen molar-refractivity contribution in [2.75, 3.05) is 9.80 Å². The third-order valence-corrected chi connectivity index (χ3v) is 12.1. The van der Waals surface area contributed by atoms with Gasteiger partial charge in [0, 0.05) is 39.5 Å². The minimum absolute atomic E-state index is 0.242. The number of hydrogen-bond donors (Lipinski definition) is 0. The highest BCUT2D eigenvalue weighted by Crippen LogP contribution is 2.53. The van der Waals surface area contributed by atoms with Gasteiger partial charge in [0.05, 0.1) is 0 Å². The summed E-state index contributed by atoms with van der Waals surface area (Å²) in [6.07, 6.45) is 0. The molecule has 0 heterocycles. The lowest BCUT2D eigenvalue weighted by atomic mass is 9.82. The van der Waals surface area contributed by atoms with Gasteiger partial charge in [-0.3, -0.25) is 0 Å². The zero-order valence-corrected chi connectivity index (χ0v) is 32.0. The molecule has 0 bridgehead atoms. The highest BCUT2D eigenvalue weighted by Gasteiger charge is 2.37. The van der Waals surface area contributed by atoms with Gasteiger partial charge in [-0.25, -0.2) is 0 Å². The van der Waals surface area contributed by atoms with E-state index in [0.29, 0.717) is 0 Å². The molecule has 0 fully saturated rings. The molecule has 270 valence electrons. The summed E-state index contributed by atoms with van der Waals surface area (Å²) in [4.78, 5) is 4.84. The molecule has 57 heavy (non-hydrogen) atoms. The average molecular weight is 729 g/mol. The van der Waals surface area contributed by atoms with Crippen LogP contribution in [0.2, 0.25) is 0 Å². The van der Waals surface area contributed by atoms with Crippen LogP contribution in [0.4, 0.5) is 34.1 Å². The summed E-state index contributed by atoms with van der Waals surface area (Å²) < 4.78 is 0. The van der Waals surface area contributed by atoms with Gasteiger partial charge in [0.1, 0.15) is 0 Å². The van der Waals surface area contributed by atoms with Crippen molar-refractivity contribution in [3.63, 3.8) is 0 Å². The molecule has 0 aliphatic heterocycles. The van der Waals surface area contributed by atoms with E-state index in [4.69, 9.17) is 0 Å². The first-order valence-electron chi connectivity index (χ1n) is 19.8. The Morgan fingerprint density at radius 3 is 0.807 bits per heavy atom. The van der Waals surface area contributed by atoms with Crippen LogP contribution in [0.5, 0.6) is 0 Å². The van der Waals surface area contributed by atoms with Gasteiger partial charge < -0.3 is 9.80 Å². The smallest absolute Gasteiger partial charge is 0.0468 e. The van der Waals surface area contributed by atoms with Crippen molar-refractivity contribution >= 4 is 77.2 Å². The first-order chi connectivity index (χ1) is 28.0. The lowest BCUT2D eigenvalue weighted by Gasteiger charge is -2.29. The summed E-state index contributed by atoms with van der Waals surface area (Å²) in [6, 6.07) is 75.9. The Balaban J connectivity index is 1.05. The third-order valence-electron chi connectivity index (χ3n) is 12.1. The van der Waals surface area contributed by atoms with Gasteiger partial charge in [-0.15, -0.1) is 0 Å². The zero-order valence-electron chi connectivity index (χ0n) is 32.0. The predicted molar refractivity (Wildman–Crippen MR) is 243 cm³/mol. The standard InChI is InChI=1S/C55H40N2/c1-55(2)53-35-49(56(45-23-19-37-11-3-7-15-41(37)31-45)46-24-20-38-12-4-8-16-42(38)32-46)27-29-51(53)52-30-28-50(36-54(52)55)57(47-25-21-39-13-5-9-17-43(39)33-47)48-26-22-40-14-6-10-18-44(40)34-48/h3-36H,1-2H3. The normalized spacial score (nSPS) is 12.9. The Labute approximate surface area is 333 Å². The minimum atomic E-state index is -0.242. The lowest BCUT2D eigenvalue weighted by Crippen LogP contribution is -2.17. The van der Waals surface area contributed by atoms with Crippen molar-refractivity contribution < 1.29 is 0 Å². The van der Waals surface area contributed by atoms with E-state index < -0.39 is 0 Å². The van der Waals surface area contributed by atoms with Crippen LogP contribution in [-0.4, -0.2) is 0 Å². The quantitative estimate of drug-likeness (QED) is 0.168. The second kappa shape index (κ2) is 13.0. The van der Waals surface area contributed by atoms with E-state index in [1.165, 1.54) is 65.3 Å². The molecule has 11 rings (SSSR count). The van der Waals surface area contributed by atoms with Crippen LogP contribution in [0.15, 0.2) is 206 Å². The molecule has 1 aliphatic rings. The monoisotopic (exact) mass is 728 g/mol. The van der Waals surface area contributed by atoms with Crippen molar-refractivity contribution in [1.29, 1.82) is 0 Å². The maximum Gasteiger partial charge on any atom is 0.0468 e. The number of nitrogens with zero attached hydrogens (tertiary/aromatic N) is 2. The Bertz CT molecular complexity index is 2820. The molecule has 2 heteroatoms. The molecule has 0 saturated carbocycles. The van der Waals surface area contributed by atoms with E-state index >= 15 is 0 Å².